The lowest BCUT2D eigenvalue weighted by Gasteiger charge is -2.16. The normalized spacial score (nSPS) is 24.2. The van der Waals surface area contributed by atoms with Crippen molar-refractivity contribution in [2.75, 3.05) is 0 Å². The summed E-state index contributed by atoms with van der Waals surface area (Å²) in [6, 6.07) is 4.46. The molecule has 2 rings (SSSR count). The molecule has 1 amide bonds. The molecular formula is C14H20N2OS. The summed E-state index contributed by atoms with van der Waals surface area (Å²) in [5, 5.41) is 3.06. The largest absolute Gasteiger partial charge is 0.353 e. The van der Waals surface area contributed by atoms with E-state index in [1.54, 1.807) is 11.3 Å². The quantitative estimate of drug-likeness (QED) is 0.817. The molecule has 3 unspecified atom stereocenters. The molecule has 0 fully saturated rings. The van der Waals surface area contributed by atoms with Gasteiger partial charge in [0.2, 0.25) is 5.91 Å². The van der Waals surface area contributed by atoms with Gasteiger partial charge in [-0.3, -0.25) is 4.79 Å². The van der Waals surface area contributed by atoms with E-state index in [0.717, 1.165) is 12.8 Å². The Balaban J connectivity index is 1.82. The van der Waals surface area contributed by atoms with Crippen LogP contribution in [0.3, 0.4) is 0 Å². The van der Waals surface area contributed by atoms with Crippen LogP contribution < -0.4 is 11.1 Å². The van der Waals surface area contributed by atoms with Gasteiger partial charge < -0.3 is 11.1 Å². The van der Waals surface area contributed by atoms with E-state index in [2.05, 4.69) is 24.4 Å². The average molecular weight is 264 g/mol. The van der Waals surface area contributed by atoms with Gasteiger partial charge in [0.25, 0.3) is 0 Å². The summed E-state index contributed by atoms with van der Waals surface area (Å²) in [7, 11) is 0. The molecule has 1 aromatic rings. The van der Waals surface area contributed by atoms with Gasteiger partial charge in [-0.25, -0.2) is 0 Å². The molecule has 0 radical (unpaired) electrons. The maximum absolute atomic E-state index is 12.0. The number of thiophene rings is 1. The monoisotopic (exact) mass is 264 g/mol. The number of hydrogen-bond acceptors (Lipinski definition) is 3. The number of amides is 1. The van der Waals surface area contributed by atoms with E-state index in [1.807, 2.05) is 19.1 Å². The lowest BCUT2D eigenvalue weighted by atomic mass is 10.1. The number of rotatable bonds is 4. The van der Waals surface area contributed by atoms with Gasteiger partial charge in [-0.05, 0) is 32.4 Å². The second-order valence-electron chi connectivity index (χ2n) is 5.02. The molecule has 0 spiro atoms. The molecule has 1 heterocycles. The molecule has 3 nitrogen and oxygen atoms in total. The molecule has 98 valence electrons. The van der Waals surface area contributed by atoms with E-state index in [4.69, 9.17) is 5.73 Å². The molecule has 1 aromatic heterocycles. The van der Waals surface area contributed by atoms with Crippen molar-refractivity contribution in [3.63, 3.8) is 0 Å². The Morgan fingerprint density at radius 2 is 2.33 bits per heavy atom. The van der Waals surface area contributed by atoms with Crippen molar-refractivity contribution in [2.45, 2.75) is 38.8 Å². The fraction of sp³-hybridized carbons (Fsp3) is 0.500. The highest BCUT2D eigenvalue weighted by molar-refractivity contribution is 7.11. The van der Waals surface area contributed by atoms with Gasteiger partial charge in [-0.2, -0.15) is 0 Å². The Kier molecular flexibility index (Phi) is 4.19. The summed E-state index contributed by atoms with van der Waals surface area (Å²) < 4.78 is 0. The minimum atomic E-state index is -0.0486. The highest BCUT2D eigenvalue weighted by Gasteiger charge is 2.23. The Morgan fingerprint density at radius 3 is 2.89 bits per heavy atom. The lowest BCUT2D eigenvalue weighted by molar-refractivity contribution is -0.124. The zero-order valence-electron chi connectivity index (χ0n) is 10.8. The van der Waals surface area contributed by atoms with Crippen molar-refractivity contribution in [3.05, 3.63) is 34.0 Å². The first-order chi connectivity index (χ1) is 8.54. The molecule has 18 heavy (non-hydrogen) atoms. The summed E-state index contributed by atoms with van der Waals surface area (Å²) in [6.45, 7) is 4.15. The van der Waals surface area contributed by atoms with Gasteiger partial charge in [-0.1, -0.05) is 12.2 Å². The van der Waals surface area contributed by atoms with Crippen molar-refractivity contribution in [2.24, 2.45) is 11.7 Å². The minimum absolute atomic E-state index is 0.0380. The predicted molar refractivity (Wildman–Crippen MR) is 75.6 cm³/mol. The van der Waals surface area contributed by atoms with Gasteiger partial charge in [0.15, 0.2) is 0 Å². The molecule has 0 saturated heterocycles. The van der Waals surface area contributed by atoms with Crippen molar-refractivity contribution >= 4 is 17.2 Å². The fourth-order valence-electron chi connectivity index (χ4n) is 2.22. The van der Waals surface area contributed by atoms with Crippen molar-refractivity contribution < 1.29 is 4.79 Å². The van der Waals surface area contributed by atoms with Crippen LogP contribution in [0, 0.1) is 12.8 Å². The van der Waals surface area contributed by atoms with Crippen LogP contribution in [0.1, 0.15) is 23.1 Å². The van der Waals surface area contributed by atoms with E-state index in [0.29, 0.717) is 0 Å². The van der Waals surface area contributed by atoms with Crippen LogP contribution in [0.2, 0.25) is 0 Å². The van der Waals surface area contributed by atoms with E-state index in [1.165, 1.54) is 9.75 Å². The molecule has 1 aliphatic carbocycles. The number of aryl methyl sites for hydroxylation is 1. The topological polar surface area (TPSA) is 55.1 Å². The molecule has 3 atom stereocenters. The van der Waals surface area contributed by atoms with Crippen molar-refractivity contribution in [1.29, 1.82) is 0 Å². The van der Waals surface area contributed by atoms with Gasteiger partial charge in [-0.15, -0.1) is 11.3 Å². The zero-order valence-corrected chi connectivity index (χ0v) is 11.7. The fourth-order valence-corrected chi connectivity index (χ4v) is 3.24. The Hall–Kier alpha value is -1.13. The molecule has 0 saturated carbocycles. The van der Waals surface area contributed by atoms with Gasteiger partial charge in [0.1, 0.15) is 0 Å². The standard InChI is InChI=1S/C14H20N2OS/c1-9(7-13-6-3-10(2)18-13)16-14(17)11-4-5-12(15)8-11/h3-6,9,11-12H,7-8,15H2,1-2H3,(H,16,17). The summed E-state index contributed by atoms with van der Waals surface area (Å²) in [5.74, 6) is 0.0486. The Morgan fingerprint density at radius 1 is 1.56 bits per heavy atom. The first kappa shape index (κ1) is 13.3. The number of hydrogen-bond donors (Lipinski definition) is 2. The van der Waals surface area contributed by atoms with Crippen LogP contribution in [-0.2, 0) is 11.2 Å². The highest BCUT2D eigenvalue weighted by Crippen LogP contribution is 2.18. The van der Waals surface area contributed by atoms with Crippen LogP contribution in [0.5, 0.6) is 0 Å². The second kappa shape index (κ2) is 5.67. The van der Waals surface area contributed by atoms with Gasteiger partial charge >= 0.3 is 0 Å². The van der Waals surface area contributed by atoms with Crippen molar-refractivity contribution in [3.8, 4) is 0 Å². The third kappa shape index (κ3) is 3.43. The first-order valence-corrected chi connectivity index (χ1v) is 7.16. The molecule has 0 bridgehead atoms. The second-order valence-corrected chi connectivity index (χ2v) is 6.39. The molecule has 4 heteroatoms. The van der Waals surface area contributed by atoms with E-state index in [-0.39, 0.29) is 23.9 Å². The lowest BCUT2D eigenvalue weighted by Crippen LogP contribution is -2.38. The van der Waals surface area contributed by atoms with Crippen LogP contribution in [0.4, 0.5) is 0 Å². The molecule has 0 aromatic carbocycles. The minimum Gasteiger partial charge on any atom is -0.353 e. The van der Waals surface area contributed by atoms with Crippen LogP contribution >= 0.6 is 11.3 Å². The van der Waals surface area contributed by atoms with Gasteiger partial charge in [0, 0.05) is 28.3 Å². The summed E-state index contributed by atoms with van der Waals surface area (Å²) in [6.07, 6.45) is 5.46. The van der Waals surface area contributed by atoms with E-state index >= 15 is 0 Å². The number of carbonyl (C=O) groups is 1. The van der Waals surface area contributed by atoms with Crippen LogP contribution in [0.25, 0.3) is 0 Å². The summed E-state index contributed by atoms with van der Waals surface area (Å²) >= 11 is 1.79. The number of nitrogens with one attached hydrogen (secondary N) is 1. The average Bonchev–Trinajstić information content (AvgIpc) is 2.87. The van der Waals surface area contributed by atoms with Crippen LogP contribution in [0.15, 0.2) is 24.3 Å². The summed E-state index contributed by atoms with van der Waals surface area (Å²) in [5.41, 5.74) is 5.75. The molecule has 3 N–H and O–H groups in total. The van der Waals surface area contributed by atoms with E-state index in [9.17, 15) is 4.79 Å². The smallest absolute Gasteiger partial charge is 0.227 e. The maximum Gasteiger partial charge on any atom is 0.227 e. The third-order valence-corrected chi connectivity index (χ3v) is 4.17. The van der Waals surface area contributed by atoms with Gasteiger partial charge in [0.05, 0.1) is 5.92 Å². The summed E-state index contributed by atoms with van der Waals surface area (Å²) in [4.78, 5) is 14.6. The first-order valence-electron chi connectivity index (χ1n) is 6.34. The Labute approximate surface area is 112 Å². The predicted octanol–water partition coefficient (Wildman–Crippen LogP) is 2.01. The maximum atomic E-state index is 12.0. The van der Waals surface area contributed by atoms with Crippen molar-refractivity contribution in [1.82, 2.24) is 5.32 Å². The molecular weight excluding hydrogens is 244 g/mol. The van der Waals surface area contributed by atoms with E-state index < -0.39 is 0 Å². The Bertz CT molecular complexity index is 452. The van der Waals surface area contributed by atoms with Crippen LogP contribution in [-0.4, -0.2) is 18.0 Å². The number of carbonyl (C=O) groups excluding carboxylic acids is 1. The highest BCUT2D eigenvalue weighted by atomic mass is 32.1. The SMILES string of the molecule is Cc1ccc(CC(C)NC(=O)C2C=CC(N)C2)s1. The molecule has 1 aliphatic rings. The zero-order chi connectivity index (χ0) is 13.1. The number of nitrogens with two attached hydrogens (primary N) is 1. The third-order valence-electron chi connectivity index (χ3n) is 3.15. The molecule has 0 aliphatic heterocycles.